The van der Waals surface area contributed by atoms with Gasteiger partial charge in [0.15, 0.2) is 0 Å². The molecule has 0 saturated heterocycles. The molecule has 0 aliphatic rings. The van der Waals surface area contributed by atoms with E-state index in [2.05, 4.69) is 68.6 Å². The van der Waals surface area contributed by atoms with E-state index in [0.717, 1.165) is 9.79 Å². The summed E-state index contributed by atoms with van der Waals surface area (Å²) in [6.45, 7) is 10.1. The highest BCUT2D eigenvalue weighted by Crippen LogP contribution is 2.35. The van der Waals surface area contributed by atoms with Crippen molar-refractivity contribution in [2.24, 2.45) is 0 Å². The predicted octanol–water partition coefficient (Wildman–Crippen LogP) is 6.93. The molecule has 3 rings (SSSR count). The van der Waals surface area contributed by atoms with E-state index >= 15 is 0 Å². The number of fused-ring (bicyclic) bond motifs is 3. The molecule has 3 aromatic rings. The van der Waals surface area contributed by atoms with Crippen LogP contribution in [0.1, 0.15) is 33.3 Å². The van der Waals surface area contributed by atoms with Crippen molar-refractivity contribution in [2.75, 3.05) is 0 Å². The highest BCUT2D eigenvalue weighted by atomic mass is 32.1. The molecule has 0 amide bonds. The Morgan fingerprint density at radius 3 is 1.95 bits per heavy atom. The normalized spacial score (nSPS) is 9.67. The third-order valence-electron chi connectivity index (χ3n) is 3.18. The van der Waals surface area contributed by atoms with Gasteiger partial charge in [-0.2, -0.15) is 0 Å². The Hall–Kier alpha value is -1.12. The van der Waals surface area contributed by atoms with Gasteiger partial charge < -0.3 is 0 Å². The highest BCUT2D eigenvalue weighted by Gasteiger charge is 2.07. The summed E-state index contributed by atoms with van der Waals surface area (Å²) < 4.78 is 0. The Balaban J connectivity index is 0.000000510. The first-order valence-corrected chi connectivity index (χ1v) is 8.41. The van der Waals surface area contributed by atoms with Gasteiger partial charge in [-0.05, 0) is 34.7 Å². The third-order valence-corrected chi connectivity index (χ3v) is 4.20. The fourth-order valence-electron chi connectivity index (χ4n) is 2.36. The van der Waals surface area contributed by atoms with Crippen molar-refractivity contribution >= 4 is 46.8 Å². The molecule has 0 spiro atoms. The Morgan fingerprint density at radius 1 is 0.762 bits per heavy atom. The maximum atomic E-state index is 4.60. The molecular formula is C19H24S2. The van der Waals surface area contributed by atoms with Crippen LogP contribution in [0, 0.1) is 6.92 Å². The second kappa shape index (κ2) is 8.35. The van der Waals surface area contributed by atoms with E-state index in [0.29, 0.717) is 0 Å². The Bertz CT molecular complexity index is 730. The number of hydrogen-bond donors (Lipinski definition) is 2. The second-order valence-corrected chi connectivity index (χ2v) is 5.20. The molecule has 21 heavy (non-hydrogen) atoms. The molecule has 0 nitrogen and oxygen atoms in total. The van der Waals surface area contributed by atoms with Crippen LogP contribution in [-0.4, -0.2) is 0 Å². The van der Waals surface area contributed by atoms with Crippen molar-refractivity contribution < 1.29 is 0 Å². The third kappa shape index (κ3) is 3.56. The van der Waals surface area contributed by atoms with Crippen LogP contribution in [0.5, 0.6) is 0 Å². The summed E-state index contributed by atoms with van der Waals surface area (Å²) in [7, 11) is 0. The Morgan fingerprint density at radius 2 is 1.33 bits per heavy atom. The molecule has 0 N–H and O–H groups in total. The molecule has 0 saturated carbocycles. The van der Waals surface area contributed by atoms with E-state index in [9.17, 15) is 0 Å². The lowest BCUT2D eigenvalue weighted by atomic mass is 9.98. The number of rotatable bonds is 0. The van der Waals surface area contributed by atoms with Gasteiger partial charge in [-0.3, -0.25) is 0 Å². The van der Waals surface area contributed by atoms with Gasteiger partial charge in [0.05, 0.1) is 0 Å². The number of benzene rings is 3. The van der Waals surface area contributed by atoms with Gasteiger partial charge in [-0.25, -0.2) is 0 Å². The van der Waals surface area contributed by atoms with Crippen LogP contribution < -0.4 is 0 Å². The lowest BCUT2D eigenvalue weighted by Gasteiger charge is -2.10. The van der Waals surface area contributed by atoms with Gasteiger partial charge >= 0.3 is 0 Å². The Kier molecular flexibility index (Phi) is 7.13. The monoisotopic (exact) mass is 316 g/mol. The lowest BCUT2D eigenvalue weighted by Crippen LogP contribution is -1.84. The average molecular weight is 317 g/mol. The molecule has 0 atom stereocenters. The minimum absolute atomic E-state index is 0.926. The Labute approximate surface area is 139 Å². The second-order valence-electron chi connectivity index (χ2n) is 4.27. The van der Waals surface area contributed by atoms with Crippen LogP contribution in [0.2, 0.25) is 0 Å². The maximum absolute atomic E-state index is 4.60. The number of hydrogen-bond acceptors (Lipinski definition) is 2. The van der Waals surface area contributed by atoms with Gasteiger partial charge in [0.1, 0.15) is 0 Å². The fraction of sp³-hybridized carbons (Fsp3) is 0.263. The molecule has 112 valence electrons. The van der Waals surface area contributed by atoms with Gasteiger partial charge in [-0.1, -0.05) is 64.1 Å². The zero-order valence-corrected chi connectivity index (χ0v) is 15.2. The summed E-state index contributed by atoms with van der Waals surface area (Å²) in [5.41, 5.74) is 1.30. The van der Waals surface area contributed by atoms with Crippen LogP contribution in [0.4, 0.5) is 0 Å². The van der Waals surface area contributed by atoms with Crippen LogP contribution in [-0.2, 0) is 0 Å². The van der Waals surface area contributed by atoms with Crippen molar-refractivity contribution in [3.63, 3.8) is 0 Å². The maximum Gasteiger partial charge on any atom is 0.0259 e. The van der Waals surface area contributed by atoms with E-state index in [1.54, 1.807) is 0 Å². The largest absolute Gasteiger partial charge is 0.142 e. The van der Waals surface area contributed by atoms with Gasteiger partial charge in [-0.15, -0.1) is 25.3 Å². The summed E-state index contributed by atoms with van der Waals surface area (Å²) in [4.78, 5) is 1.89. The van der Waals surface area contributed by atoms with Crippen LogP contribution >= 0.6 is 25.3 Å². The van der Waals surface area contributed by atoms with Crippen molar-refractivity contribution in [3.05, 3.63) is 48.0 Å². The lowest BCUT2D eigenvalue weighted by molar-refractivity contribution is 1.33. The van der Waals surface area contributed by atoms with Crippen LogP contribution in [0.25, 0.3) is 21.5 Å². The standard InChI is InChI=1S/C15H12S2.2C2H6/c1-9-8-10-6-7-13(16)15(17)14(10)12-5-3-2-4-11(9)12;2*1-2/h2-8,16-17H,1H3;2*1-2H3. The van der Waals surface area contributed by atoms with E-state index in [-0.39, 0.29) is 0 Å². The summed E-state index contributed by atoms with van der Waals surface area (Å²) >= 11 is 9.05. The average Bonchev–Trinajstić information content (AvgIpc) is 2.55. The molecule has 0 fully saturated rings. The first-order valence-electron chi connectivity index (χ1n) is 7.51. The van der Waals surface area contributed by atoms with Crippen LogP contribution in [0.15, 0.2) is 52.3 Å². The molecule has 3 aromatic carbocycles. The van der Waals surface area contributed by atoms with Gasteiger partial charge in [0, 0.05) is 15.2 Å². The van der Waals surface area contributed by atoms with E-state index in [1.165, 1.54) is 27.1 Å². The smallest absolute Gasteiger partial charge is 0.0259 e. The highest BCUT2D eigenvalue weighted by molar-refractivity contribution is 7.83. The van der Waals surface area contributed by atoms with Crippen molar-refractivity contribution in [1.29, 1.82) is 0 Å². The first-order chi connectivity index (χ1) is 10.2. The zero-order chi connectivity index (χ0) is 16.0. The molecule has 0 radical (unpaired) electrons. The van der Waals surface area contributed by atoms with E-state index in [1.807, 2.05) is 33.8 Å². The van der Waals surface area contributed by atoms with Crippen LogP contribution in [0.3, 0.4) is 0 Å². The molecule has 0 aliphatic carbocycles. The quantitative estimate of drug-likeness (QED) is 0.326. The number of aryl methyl sites for hydroxylation is 1. The summed E-state index contributed by atoms with van der Waals surface area (Å²) in [6.07, 6.45) is 0. The molecule has 0 bridgehead atoms. The minimum atomic E-state index is 0.926. The van der Waals surface area contributed by atoms with Gasteiger partial charge in [0.25, 0.3) is 0 Å². The SMILES string of the molecule is CC.CC.Cc1cc2ccc(S)c(S)c2c2ccccc12. The summed E-state index contributed by atoms with van der Waals surface area (Å²) in [6, 6.07) is 14.8. The van der Waals surface area contributed by atoms with Gasteiger partial charge in [0.2, 0.25) is 0 Å². The zero-order valence-electron chi connectivity index (χ0n) is 13.4. The van der Waals surface area contributed by atoms with E-state index < -0.39 is 0 Å². The molecular weight excluding hydrogens is 292 g/mol. The molecule has 0 aromatic heterocycles. The predicted molar refractivity (Wildman–Crippen MR) is 103 cm³/mol. The van der Waals surface area contributed by atoms with Crippen molar-refractivity contribution in [3.8, 4) is 0 Å². The topological polar surface area (TPSA) is 0 Å². The molecule has 2 heteroatoms. The van der Waals surface area contributed by atoms with Crippen molar-refractivity contribution in [2.45, 2.75) is 44.4 Å². The first kappa shape index (κ1) is 17.9. The number of thiol groups is 2. The minimum Gasteiger partial charge on any atom is -0.142 e. The fourth-order valence-corrected chi connectivity index (χ4v) is 2.87. The molecule has 0 unspecified atom stereocenters. The van der Waals surface area contributed by atoms with Crippen molar-refractivity contribution in [1.82, 2.24) is 0 Å². The molecule has 0 aliphatic heterocycles. The molecule has 0 heterocycles. The summed E-state index contributed by atoms with van der Waals surface area (Å²) in [5, 5.41) is 4.96. The summed E-state index contributed by atoms with van der Waals surface area (Å²) in [5.74, 6) is 0. The van der Waals surface area contributed by atoms with E-state index in [4.69, 9.17) is 0 Å².